The fraction of sp³-hybridized carbons (Fsp3) is 0.571. The largest absolute Gasteiger partial charge is 0.496 e. The minimum absolute atomic E-state index is 0.472. The fourth-order valence-corrected chi connectivity index (χ4v) is 2.16. The molecule has 5 nitrogen and oxygen atoms in total. The third-order valence-corrected chi connectivity index (χ3v) is 3.26. The number of morpholine rings is 1. The molecule has 2 rings (SSSR count). The van der Waals surface area contributed by atoms with E-state index in [0.717, 1.165) is 43.2 Å². The van der Waals surface area contributed by atoms with Crippen LogP contribution < -0.4 is 10.2 Å². The number of hydrazine groups is 1. The quantitative estimate of drug-likeness (QED) is 0.828. The summed E-state index contributed by atoms with van der Waals surface area (Å²) in [6.07, 6.45) is -0.585. The van der Waals surface area contributed by atoms with Crippen molar-refractivity contribution in [3.05, 3.63) is 29.3 Å². The van der Waals surface area contributed by atoms with Crippen LogP contribution >= 0.6 is 0 Å². The Kier molecular flexibility index (Phi) is 5.15. The van der Waals surface area contributed by atoms with Gasteiger partial charge < -0.3 is 14.6 Å². The number of rotatable bonds is 5. The lowest BCUT2D eigenvalue weighted by molar-refractivity contribution is 0.00296. The van der Waals surface area contributed by atoms with E-state index in [1.807, 2.05) is 25.1 Å². The van der Waals surface area contributed by atoms with Crippen molar-refractivity contribution in [3.63, 3.8) is 0 Å². The van der Waals surface area contributed by atoms with Crippen LogP contribution in [0.15, 0.2) is 18.2 Å². The maximum absolute atomic E-state index is 10.3. The van der Waals surface area contributed by atoms with Crippen LogP contribution in [0, 0.1) is 6.92 Å². The van der Waals surface area contributed by atoms with E-state index in [4.69, 9.17) is 9.47 Å². The molecule has 5 heteroatoms. The standard InChI is InChI=1S/C14H22N2O3/c1-11-3-4-14(18-2)12(9-11)13(17)10-15-16-5-7-19-8-6-16/h3-4,9,13,15,17H,5-8,10H2,1-2H3. The van der Waals surface area contributed by atoms with Gasteiger partial charge in [0.15, 0.2) is 0 Å². The molecule has 0 amide bonds. The summed E-state index contributed by atoms with van der Waals surface area (Å²) < 4.78 is 10.6. The zero-order chi connectivity index (χ0) is 13.7. The van der Waals surface area contributed by atoms with Gasteiger partial charge >= 0.3 is 0 Å². The van der Waals surface area contributed by atoms with Gasteiger partial charge in [-0.25, -0.2) is 5.01 Å². The van der Waals surface area contributed by atoms with Crippen LogP contribution in [0.4, 0.5) is 0 Å². The molecule has 1 aromatic carbocycles. The topological polar surface area (TPSA) is 54.0 Å². The molecular weight excluding hydrogens is 244 g/mol. The molecule has 19 heavy (non-hydrogen) atoms. The first kappa shape index (κ1) is 14.3. The second-order valence-corrected chi connectivity index (χ2v) is 4.72. The van der Waals surface area contributed by atoms with Crippen LogP contribution in [0.25, 0.3) is 0 Å². The number of methoxy groups -OCH3 is 1. The Bertz CT molecular complexity index is 406. The Hall–Kier alpha value is -1.14. The summed E-state index contributed by atoms with van der Waals surface area (Å²) in [4.78, 5) is 0. The van der Waals surface area contributed by atoms with Crippen molar-refractivity contribution < 1.29 is 14.6 Å². The summed E-state index contributed by atoms with van der Waals surface area (Å²) >= 11 is 0. The average molecular weight is 266 g/mol. The number of aliphatic hydroxyl groups is 1. The number of aliphatic hydroxyl groups excluding tert-OH is 1. The van der Waals surface area contributed by atoms with Crippen molar-refractivity contribution >= 4 is 0 Å². The lowest BCUT2D eigenvalue weighted by atomic mass is 10.1. The van der Waals surface area contributed by atoms with Gasteiger partial charge in [0.25, 0.3) is 0 Å². The van der Waals surface area contributed by atoms with Crippen molar-refractivity contribution in [2.45, 2.75) is 13.0 Å². The average Bonchev–Trinajstić information content (AvgIpc) is 2.46. The predicted octanol–water partition coefficient (Wildman–Crippen LogP) is 0.874. The molecule has 0 aromatic heterocycles. The molecule has 1 aromatic rings. The third kappa shape index (κ3) is 3.91. The van der Waals surface area contributed by atoms with E-state index >= 15 is 0 Å². The second kappa shape index (κ2) is 6.86. The van der Waals surface area contributed by atoms with Crippen LogP contribution in [0.5, 0.6) is 5.75 Å². The van der Waals surface area contributed by atoms with E-state index in [-0.39, 0.29) is 0 Å². The highest BCUT2D eigenvalue weighted by atomic mass is 16.5. The summed E-state index contributed by atoms with van der Waals surface area (Å²) in [6, 6.07) is 5.83. The zero-order valence-corrected chi connectivity index (χ0v) is 11.6. The van der Waals surface area contributed by atoms with E-state index in [1.54, 1.807) is 7.11 Å². The fourth-order valence-electron chi connectivity index (χ4n) is 2.16. The van der Waals surface area contributed by atoms with Gasteiger partial charge in [0.2, 0.25) is 0 Å². The Morgan fingerprint density at radius 3 is 2.84 bits per heavy atom. The third-order valence-electron chi connectivity index (χ3n) is 3.26. The summed E-state index contributed by atoms with van der Waals surface area (Å²) in [5.74, 6) is 0.724. The minimum Gasteiger partial charge on any atom is -0.496 e. The molecule has 0 saturated carbocycles. The Balaban J connectivity index is 1.94. The highest BCUT2D eigenvalue weighted by Crippen LogP contribution is 2.25. The van der Waals surface area contributed by atoms with Crippen LogP contribution in [0.3, 0.4) is 0 Å². The van der Waals surface area contributed by atoms with Gasteiger partial charge in [-0.2, -0.15) is 0 Å². The molecule has 1 heterocycles. The van der Waals surface area contributed by atoms with E-state index < -0.39 is 6.10 Å². The van der Waals surface area contributed by atoms with Crippen LogP contribution in [0.2, 0.25) is 0 Å². The summed E-state index contributed by atoms with van der Waals surface area (Å²) in [7, 11) is 1.62. The summed E-state index contributed by atoms with van der Waals surface area (Å²) in [5.41, 5.74) is 5.17. The van der Waals surface area contributed by atoms with Gasteiger partial charge in [0, 0.05) is 25.2 Å². The predicted molar refractivity (Wildman–Crippen MR) is 73.1 cm³/mol. The molecule has 1 atom stereocenters. The van der Waals surface area contributed by atoms with Gasteiger partial charge in [-0.3, -0.25) is 5.43 Å². The van der Waals surface area contributed by atoms with Crippen molar-refractivity contribution in [1.29, 1.82) is 0 Å². The number of hydrogen-bond donors (Lipinski definition) is 2. The molecule has 0 bridgehead atoms. The van der Waals surface area contributed by atoms with Gasteiger partial charge in [-0.15, -0.1) is 0 Å². The Morgan fingerprint density at radius 1 is 1.42 bits per heavy atom. The van der Waals surface area contributed by atoms with Crippen molar-refractivity contribution in [3.8, 4) is 5.75 Å². The number of benzene rings is 1. The van der Waals surface area contributed by atoms with Gasteiger partial charge in [-0.1, -0.05) is 11.6 Å². The van der Waals surface area contributed by atoms with Crippen LogP contribution in [-0.2, 0) is 4.74 Å². The maximum Gasteiger partial charge on any atom is 0.124 e. The molecule has 1 aliphatic heterocycles. The molecule has 0 aliphatic carbocycles. The second-order valence-electron chi connectivity index (χ2n) is 4.72. The number of aryl methyl sites for hydroxylation is 1. The summed E-state index contributed by atoms with van der Waals surface area (Å²) in [5, 5.41) is 12.4. The number of nitrogens with one attached hydrogen (secondary N) is 1. The highest BCUT2D eigenvalue weighted by molar-refractivity contribution is 5.38. The van der Waals surface area contributed by atoms with E-state index in [9.17, 15) is 5.11 Å². The lowest BCUT2D eigenvalue weighted by Crippen LogP contribution is -2.47. The van der Waals surface area contributed by atoms with E-state index in [0.29, 0.717) is 6.54 Å². The maximum atomic E-state index is 10.3. The number of ether oxygens (including phenoxy) is 2. The number of nitrogens with zero attached hydrogens (tertiary/aromatic N) is 1. The van der Waals surface area contributed by atoms with Crippen molar-refractivity contribution in [2.24, 2.45) is 0 Å². The molecule has 0 spiro atoms. The highest BCUT2D eigenvalue weighted by Gasteiger charge is 2.16. The van der Waals surface area contributed by atoms with Gasteiger partial charge in [0.1, 0.15) is 5.75 Å². The van der Waals surface area contributed by atoms with Crippen LogP contribution in [0.1, 0.15) is 17.2 Å². The molecule has 2 N–H and O–H groups in total. The first-order valence-corrected chi connectivity index (χ1v) is 6.59. The molecule has 1 unspecified atom stereocenters. The Labute approximate surface area is 114 Å². The zero-order valence-electron chi connectivity index (χ0n) is 11.6. The molecule has 1 fully saturated rings. The lowest BCUT2D eigenvalue weighted by Gasteiger charge is -2.28. The normalized spacial score (nSPS) is 18.3. The van der Waals surface area contributed by atoms with Gasteiger partial charge in [-0.05, 0) is 19.1 Å². The Morgan fingerprint density at radius 2 is 2.16 bits per heavy atom. The first-order chi connectivity index (χ1) is 9.20. The minimum atomic E-state index is -0.585. The summed E-state index contributed by atoms with van der Waals surface area (Å²) in [6.45, 7) is 5.63. The van der Waals surface area contributed by atoms with Crippen LogP contribution in [-0.4, -0.2) is 50.1 Å². The molecule has 1 aliphatic rings. The first-order valence-electron chi connectivity index (χ1n) is 6.59. The monoisotopic (exact) mass is 266 g/mol. The van der Waals surface area contributed by atoms with Crippen molar-refractivity contribution in [1.82, 2.24) is 10.4 Å². The van der Waals surface area contributed by atoms with E-state index in [1.165, 1.54) is 0 Å². The van der Waals surface area contributed by atoms with Gasteiger partial charge in [0.05, 0.1) is 26.4 Å². The smallest absolute Gasteiger partial charge is 0.124 e. The SMILES string of the molecule is COc1ccc(C)cc1C(O)CNN1CCOCC1. The number of hydrogen-bond acceptors (Lipinski definition) is 5. The van der Waals surface area contributed by atoms with E-state index in [2.05, 4.69) is 10.4 Å². The molecular formula is C14H22N2O3. The molecule has 106 valence electrons. The molecule has 1 saturated heterocycles. The molecule has 0 radical (unpaired) electrons. The van der Waals surface area contributed by atoms with Crippen molar-refractivity contribution in [2.75, 3.05) is 40.0 Å².